The van der Waals surface area contributed by atoms with Crippen molar-refractivity contribution in [1.29, 1.82) is 0 Å². The van der Waals surface area contributed by atoms with Crippen molar-refractivity contribution in [1.82, 2.24) is 19.9 Å². The third kappa shape index (κ3) is 4.51. The third-order valence-corrected chi connectivity index (χ3v) is 5.47. The highest BCUT2D eigenvalue weighted by Gasteiger charge is 2.31. The molecule has 0 amide bonds. The van der Waals surface area contributed by atoms with Gasteiger partial charge in [0.05, 0.1) is 16.8 Å². The second-order valence-electron chi connectivity index (χ2n) is 6.50. The van der Waals surface area contributed by atoms with E-state index in [1.165, 1.54) is 6.33 Å². The van der Waals surface area contributed by atoms with E-state index in [0.717, 1.165) is 45.7 Å². The summed E-state index contributed by atoms with van der Waals surface area (Å²) in [7, 11) is 0. The van der Waals surface area contributed by atoms with E-state index in [4.69, 9.17) is 4.74 Å². The summed E-state index contributed by atoms with van der Waals surface area (Å²) in [5.41, 5.74) is 1.05. The topological polar surface area (TPSA) is 60.8 Å². The molecule has 4 rings (SSSR count). The number of fused-ring (bicyclic) bond motifs is 1. The van der Waals surface area contributed by atoms with E-state index in [-0.39, 0.29) is 11.8 Å². The zero-order valence-electron chi connectivity index (χ0n) is 15.2. The average Bonchev–Trinajstić information content (AvgIpc) is 3.14. The third-order valence-electron chi connectivity index (χ3n) is 4.26. The van der Waals surface area contributed by atoms with Crippen LogP contribution in [0, 0.1) is 0 Å². The Labute approximate surface area is 168 Å². The molecule has 3 heterocycles. The minimum atomic E-state index is -4.44. The number of rotatable bonds is 5. The number of thiazole rings is 1. The van der Waals surface area contributed by atoms with Gasteiger partial charge in [0.15, 0.2) is 0 Å². The Bertz CT molecular complexity index is 1100. The molecule has 148 valence electrons. The number of pyridine rings is 1. The quantitative estimate of drug-likeness (QED) is 0.421. The van der Waals surface area contributed by atoms with Crippen LogP contribution in [0.5, 0.6) is 11.6 Å². The van der Waals surface area contributed by atoms with Crippen LogP contribution in [-0.4, -0.2) is 19.9 Å². The van der Waals surface area contributed by atoms with Crippen LogP contribution in [0.25, 0.3) is 10.3 Å². The Morgan fingerprint density at radius 2 is 1.90 bits per heavy atom. The average molecular weight is 416 g/mol. The van der Waals surface area contributed by atoms with Gasteiger partial charge in [-0.25, -0.2) is 19.9 Å². The van der Waals surface area contributed by atoms with Gasteiger partial charge in [0, 0.05) is 18.2 Å². The van der Waals surface area contributed by atoms with Crippen molar-refractivity contribution in [2.24, 2.45) is 0 Å². The molecule has 0 N–H and O–H groups in total. The van der Waals surface area contributed by atoms with E-state index in [0.29, 0.717) is 5.75 Å². The van der Waals surface area contributed by atoms with Crippen LogP contribution >= 0.6 is 11.3 Å². The van der Waals surface area contributed by atoms with Crippen molar-refractivity contribution >= 4 is 21.7 Å². The van der Waals surface area contributed by atoms with Gasteiger partial charge < -0.3 is 4.74 Å². The second kappa shape index (κ2) is 7.75. The van der Waals surface area contributed by atoms with E-state index in [9.17, 15) is 13.2 Å². The Kier molecular flexibility index (Phi) is 5.14. The van der Waals surface area contributed by atoms with Crippen LogP contribution in [0.1, 0.15) is 29.0 Å². The number of ether oxygens (including phenoxy) is 1. The second-order valence-corrected chi connectivity index (χ2v) is 7.51. The van der Waals surface area contributed by atoms with Crippen LogP contribution < -0.4 is 4.74 Å². The summed E-state index contributed by atoms with van der Waals surface area (Å²) in [6.07, 6.45) is 0.606. The van der Waals surface area contributed by atoms with Crippen LogP contribution in [-0.2, 0) is 12.6 Å². The molecule has 0 aliphatic heterocycles. The highest BCUT2D eigenvalue weighted by molar-refractivity contribution is 7.18. The summed E-state index contributed by atoms with van der Waals surface area (Å²) in [4.78, 5) is 17.5. The van der Waals surface area contributed by atoms with Gasteiger partial charge in [0.1, 0.15) is 22.4 Å². The first-order valence-corrected chi connectivity index (χ1v) is 9.56. The molecule has 0 spiro atoms. The van der Waals surface area contributed by atoms with E-state index >= 15 is 0 Å². The van der Waals surface area contributed by atoms with Gasteiger partial charge >= 0.3 is 6.18 Å². The predicted molar refractivity (Wildman–Crippen MR) is 103 cm³/mol. The van der Waals surface area contributed by atoms with Crippen molar-refractivity contribution in [3.63, 3.8) is 0 Å². The summed E-state index contributed by atoms with van der Waals surface area (Å²) in [6.45, 7) is 2.09. The van der Waals surface area contributed by atoms with Gasteiger partial charge in [-0.15, -0.1) is 0 Å². The summed E-state index contributed by atoms with van der Waals surface area (Å²) in [6, 6.07) is 8.98. The lowest BCUT2D eigenvalue weighted by atomic mass is 10.0. The largest absolute Gasteiger partial charge is 0.439 e. The Hall–Kier alpha value is -3.07. The molecular formula is C20H15F3N4OS. The van der Waals surface area contributed by atoms with Crippen LogP contribution in [0.2, 0.25) is 0 Å². The van der Waals surface area contributed by atoms with Crippen molar-refractivity contribution in [3.8, 4) is 11.6 Å². The Morgan fingerprint density at radius 1 is 1.10 bits per heavy atom. The van der Waals surface area contributed by atoms with Crippen molar-refractivity contribution in [2.75, 3.05) is 0 Å². The SMILES string of the molecule is CC(Cc1ccc(Oc2cc(C(F)(F)F)ccn2)cc1)c1nc2cncnc2s1. The van der Waals surface area contributed by atoms with E-state index in [1.54, 1.807) is 29.7 Å². The Balaban J connectivity index is 1.44. The molecule has 0 fully saturated rings. The van der Waals surface area contributed by atoms with Gasteiger partial charge in [-0.05, 0) is 30.2 Å². The van der Waals surface area contributed by atoms with Crippen molar-refractivity contribution in [2.45, 2.75) is 25.4 Å². The lowest BCUT2D eigenvalue weighted by Crippen LogP contribution is -2.05. The highest BCUT2D eigenvalue weighted by atomic mass is 32.1. The normalized spacial score (nSPS) is 12.8. The standard InChI is InChI=1S/C20H15F3N4OS/c1-12(18-27-16-10-24-11-26-19(16)29-18)8-13-2-4-15(5-3-13)28-17-9-14(6-7-25-17)20(21,22)23/h2-7,9-12H,8H2,1H3. The van der Waals surface area contributed by atoms with E-state index in [1.807, 2.05) is 12.1 Å². The van der Waals surface area contributed by atoms with E-state index < -0.39 is 11.7 Å². The number of benzene rings is 1. The fourth-order valence-corrected chi connectivity index (χ4v) is 3.74. The minimum absolute atomic E-state index is 0.100. The lowest BCUT2D eigenvalue weighted by molar-refractivity contribution is -0.137. The molecule has 0 saturated heterocycles. The number of hydrogen-bond donors (Lipinski definition) is 0. The van der Waals surface area contributed by atoms with Gasteiger partial charge in [-0.2, -0.15) is 13.2 Å². The van der Waals surface area contributed by atoms with Crippen molar-refractivity contribution in [3.05, 3.63) is 71.3 Å². The molecule has 29 heavy (non-hydrogen) atoms. The van der Waals surface area contributed by atoms with Gasteiger partial charge in [0.25, 0.3) is 0 Å². The van der Waals surface area contributed by atoms with Gasteiger partial charge in [-0.1, -0.05) is 30.4 Å². The smallest absolute Gasteiger partial charge is 0.416 e. The molecule has 0 aliphatic carbocycles. The molecular weight excluding hydrogens is 401 g/mol. The highest BCUT2D eigenvalue weighted by Crippen LogP contribution is 2.32. The van der Waals surface area contributed by atoms with Gasteiger partial charge in [-0.3, -0.25) is 0 Å². The fourth-order valence-electron chi connectivity index (χ4n) is 2.81. The van der Waals surface area contributed by atoms with Gasteiger partial charge in [0.2, 0.25) is 5.88 Å². The summed E-state index contributed by atoms with van der Waals surface area (Å²) < 4.78 is 43.8. The summed E-state index contributed by atoms with van der Waals surface area (Å²) in [5.74, 6) is 0.506. The number of nitrogens with zero attached hydrogens (tertiary/aromatic N) is 4. The molecule has 3 aromatic heterocycles. The number of alkyl halides is 3. The molecule has 1 unspecified atom stereocenters. The fraction of sp³-hybridized carbons (Fsp3) is 0.200. The predicted octanol–water partition coefficient (Wildman–Crippen LogP) is 5.64. The zero-order valence-corrected chi connectivity index (χ0v) is 16.0. The van der Waals surface area contributed by atoms with E-state index in [2.05, 4.69) is 26.9 Å². The maximum Gasteiger partial charge on any atom is 0.416 e. The molecule has 1 atom stereocenters. The zero-order chi connectivity index (χ0) is 20.4. The van der Waals surface area contributed by atoms with Crippen LogP contribution in [0.3, 0.4) is 0 Å². The molecule has 5 nitrogen and oxygen atoms in total. The van der Waals surface area contributed by atoms with Crippen molar-refractivity contribution < 1.29 is 17.9 Å². The van der Waals surface area contributed by atoms with Crippen LogP contribution in [0.15, 0.2) is 55.1 Å². The summed E-state index contributed by atoms with van der Waals surface area (Å²) >= 11 is 1.55. The Morgan fingerprint density at radius 3 is 2.62 bits per heavy atom. The van der Waals surface area contributed by atoms with Crippen LogP contribution in [0.4, 0.5) is 13.2 Å². The molecule has 1 aromatic carbocycles. The number of halogens is 3. The molecule has 0 bridgehead atoms. The molecule has 9 heteroatoms. The monoisotopic (exact) mass is 416 g/mol. The first-order valence-electron chi connectivity index (χ1n) is 8.75. The first-order chi connectivity index (χ1) is 13.9. The first kappa shape index (κ1) is 19.3. The maximum absolute atomic E-state index is 12.8. The molecule has 0 radical (unpaired) electrons. The maximum atomic E-state index is 12.8. The number of hydrogen-bond acceptors (Lipinski definition) is 6. The lowest BCUT2D eigenvalue weighted by Gasteiger charge is -2.11. The summed E-state index contributed by atoms with van der Waals surface area (Å²) in [5, 5.41) is 0.981. The molecule has 0 saturated carbocycles. The minimum Gasteiger partial charge on any atom is -0.439 e. The molecule has 4 aromatic rings. The number of aromatic nitrogens is 4. The molecule has 0 aliphatic rings.